The van der Waals surface area contributed by atoms with Gasteiger partial charge in [0.05, 0.1) is 0 Å². The first-order valence-electron chi connectivity index (χ1n) is 8.24. The molecule has 0 atom stereocenters. The number of fused-ring (bicyclic) bond motifs is 1. The van der Waals surface area contributed by atoms with Crippen LogP contribution in [0.15, 0.2) is 12.4 Å². The third kappa shape index (κ3) is 3.58. The molecule has 0 aliphatic carbocycles. The second kappa shape index (κ2) is 6.26. The molecule has 8 nitrogen and oxygen atoms in total. The van der Waals surface area contributed by atoms with Gasteiger partial charge in [0.15, 0.2) is 5.82 Å². The molecule has 0 spiro atoms. The average molecular weight is 332 g/mol. The second-order valence-electron chi connectivity index (χ2n) is 7.10. The van der Waals surface area contributed by atoms with E-state index < -0.39 is 5.60 Å². The number of hydrogen-bond acceptors (Lipinski definition) is 6. The number of hydrogen-bond donors (Lipinski definition) is 1. The highest BCUT2D eigenvalue weighted by Gasteiger charge is 2.27. The zero-order valence-corrected chi connectivity index (χ0v) is 14.6. The normalized spacial score (nSPS) is 16.4. The van der Waals surface area contributed by atoms with Crippen molar-refractivity contribution >= 4 is 17.6 Å². The van der Waals surface area contributed by atoms with Gasteiger partial charge in [-0.1, -0.05) is 0 Å². The van der Waals surface area contributed by atoms with Crippen LogP contribution in [0.25, 0.3) is 5.65 Å². The van der Waals surface area contributed by atoms with Crippen molar-refractivity contribution in [3.63, 3.8) is 0 Å². The van der Waals surface area contributed by atoms with Gasteiger partial charge in [-0.2, -0.15) is 0 Å². The Morgan fingerprint density at radius 3 is 2.67 bits per heavy atom. The smallest absolute Gasteiger partial charge is 0.410 e. The number of piperidine rings is 1. The van der Waals surface area contributed by atoms with Gasteiger partial charge >= 0.3 is 6.09 Å². The summed E-state index contributed by atoms with van der Waals surface area (Å²) in [4.78, 5) is 18.2. The quantitative estimate of drug-likeness (QED) is 0.908. The molecule has 1 aliphatic rings. The molecule has 130 valence electrons. The third-order valence-corrected chi connectivity index (χ3v) is 3.98. The Morgan fingerprint density at radius 2 is 2.00 bits per heavy atom. The van der Waals surface area contributed by atoms with Crippen LogP contribution in [0, 0.1) is 6.92 Å². The van der Waals surface area contributed by atoms with E-state index in [0.717, 1.165) is 30.1 Å². The van der Waals surface area contributed by atoms with Gasteiger partial charge < -0.3 is 15.0 Å². The van der Waals surface area contributed by atoms with Crippen molar-refractivity contribution in [1.29, 1.82) is 0 Å². The minimum absolute atomic E-state index is 0.241. The predicted molar refractivity (Wildman–Crippen MR) is 90.0 cm³/mol. The van der Waals surface area contributed by atoms with Gasteiger partial charge in [-0.3, -0.25) is 4.40 Å². The summed E-state index contributed by atoms with van der Waals surface area (Å²) < 4.78 is 7.33. The predicted octanol–water partition coefficient (Wildman–Crippen LogP) is 2.24. The van der Waals surface area contributed by atoms with E-state index in [0.29, 0.717) is 13.1 Å². The number of carbonyl (C=O) groups excluding carboxylic acids is 1. The molecular formula is C16H24N6O2. The Hall–Kier alpha value is -2.38. The topological polar surface area (TPSA) is 84.7 Å². The molecule has 24 heavy (non-hydrogen) atoms. The average Bonchev–Trinajstić information content (AvgIpc) is 2.89. The van der Waals surface area contributed by atoms with Crippen LogP contribution in [0.1, 0.15) is 39.4 Å². The van der Waals surface area contributed by atoms with Gasteiger partial charge in [-0.15, -0.1) is 10.2 Å². The van der Waals surface area contributed by atoms with E-state index in [1.54, 1.807) is 11.1 Å². The minimum atomic E-state index is -0.461. The number of carbonyl (C=O) groups is 1. The fourth-order valence-corrected chi connectivity index (χ4v) is 2.77. The van der Waals surface area contributed by atoms with Gasteiger partial charge in [0.1, 0.15) is 11.4 Å². The number of anilines is 1. The molecule has 0 radical (unpaired) electrons. The summed E-state index contributed by atoms with van der Waals surface area (Å²) in [5, 5.41) is 11.7. The zero-order chi connectivity index (χ0) is 17.3. The zero-order valence-electron chi connectivity index (χ0n) is 14.6. The molecule has 1 amide bonds. The summed E-state index contributed by atoms with van der Waals surface area (Å²) in [6.45, 7) is 8.89. The molecular weight excluding hydrogens is 308 g/mol. The van der Waals surface area contributed by atoms with Crippen LogP contribution in [0.5, 0.6) is 0 Å². The van der Waals surface area contributed by atoms with Crippen LogP contribution >= 0.6 is 0 Å². The summed E-state index contributed by atoms with van der Waals surface area (Å²) in [6.07, 6.45) is 5.03. The first-order valence-corrected chi connectivity index (χ1v) is 8.24. The first-order chi connectivity index (χ1) is 11.3. The summed E-state index contributed by atoms with van der Waals surface area (Å²) in [5.74, 6) is 1.56. The molecule has 1 saturated heterocycles. The standard InChI is InChI=1S/C16H24N6O2/c1-11-19-20-14-13(17-7-10-22(11)14)18-12-5-8-21(9-6-12)15(23)24-16(2,3)4/h7,10,12H,5-6,8-9H2,1-4H3,(H,17,18). The number of aromatic nitrogens is 4. The van der Waals surface area contributed by atoms with Crippen molar-refractivity contribution < 1.29 is 9.53 Å². The summed E-state index contributed by atoms with van der Waals surface area (Å²) >= 11 is 0. The lowest BCUT2D eigenvalue weighted by Gasteiger charge is -2.33. The fraction of sp³-hybridized carbons (Fsp3) is 0.625. The van der Waals surface area contributed by atoms with Crippen molar-refractivity contribution in [3.8, 4) is 0 Å². The lowest BCUT2D eigenvalue weighted by Crippen LogP contribution is -2.44. The number of amides is 1. The molecule has 0 saturated carbocycles. The van der Waals surface area contributed by atoms with Crippen LogP contribution in [-0.4, -0.2) is 55.3 Å². The fourth-order valence-electron chi connectivity index (χ4n) is 2.77. The molecule has 1 aliphatic heterocycles. The largest absolute Gasteiger partial charge is 0.444 e. The van der Waals surface area contributed by atoms with Gasteiger partial charge in [0, 0.05) is 31.5 Å². The van der Waals surface area contributed by atoms with Crippen LogP contribution < -0.4 is 5.32 Å². The molecule has 1 N–H and O–H groups in total. The van der Waals surface area contributed by atoms with Gasteiger partial charge in [0.2, 0.25) is 5.65 Å². The van der Waals surface area contributed by atoms with Crippen LogP contribution in [0.3, 0.4) is 0 Å². The van der Waals surface area contributed by atoms with E-state index in [1.165, 1.54) is 0 Å². The van der Waals surface area contributed by atoms with E-state index in [-0.39, 0.29) is 12.1 Å². The van der Waals surface area contributed by atoms with Crippen molar-refractivity contribution in [2.24, 2.45) is 0 Å². The maximum atomic E-state index is 12.1. The molecule has 2 aromatic rings. The summed E-state index contributed by atoms with van der Waals surface area (Å²) in [5.41, 5.74) is 0.265. The van der Waals surface area contributed by atoms with E-state index in [1.807, 2.05) is 38.3 Å². The third-order valence-electron chi connectivity index (χ3n) is 3.98. The van der Waals surface area contributed by atoms with Gasteiger partial charge in [-0.05, 0) is 40.5 Å². The Morgan fingerprint density at radius 1 is 1.29 bits per heavy atom. The molecule has 0 aromatic carbocycles. The molecule has 0 bridgehead atoms. The number of ether oxygens (including phenoxy) is 1. The molecule has 3 heterocycles. The monoisotopic (exact) mass is 332 g/mol. The van der Waals surface area contributed by atoms with Crippen LogP contribution in [0.4, 0.5) is 10.6 Å². The molecule has 2 aromatic heterocycles. The van der Waals surface area contributed by atoms with E-state index in [9.17, 15) is 4.79 Å². The van der Waals surface area contributed by atoms with Crippen LogP contribution in [-0.2, 0) is 4.74 Å². The Kier molecular flexibility index (Phi) is 4.29. The summed E-state index contributed by atoms with van der Waals surface area (Å²) in [7, 11) is 0. The highest BCUT2D eigenvalue weighted by Crippen LogP contribution is 2.20. The lowest BCUT2D eigenvalue weighted by atomic mass is 10.1. The lowest BCUT2D eigenvalue weighted by molar-refractivity contribution is 0.0210. The van der Waals surface area contributed by atoms with E-state index in [2.05, 4.69) is 20.5 Å². The summed E-state index contributed by atoms with van der Waals surface area (Å²) in [6, 6.07) is 0.249. The minimum Gasteiger partial charge on any atom is -0.444 e. The molecule has 8 heteroatoms. The highest BCUT2D eigenvalue weighted by molar-refractivity contribution is 5.68. The molecule has 3 rings (SSSR count). The number of nitrogens with one attached hydrogen (secondary N) is 1. The van der Waals surface area contributed by atoms with Crippen molar-refractivity contribution in [1.82, 2.24) is 24.5 Å². The molecule has 1 fully saturated rings. The maximum Gasteiger partial charge on any atom is 0.410 e. The van der Waals surface area contributed by atoms with Gasteiger partial charge in [-0.25, -0.2) is 9.78 Å². The first kappa shape index (κ1) is 16.5. The number of nitrogens with zero attached hydrogens (tertiary/aromatic N) is 5. The van der Waals surface area contributed by atoms with E-state index >= 15 is 0 Å². The van der Waals surface area contributed by atoms with Crippen LogP contribution in [0.2, 0.25) is 0 Å². The Balaban J connectivity index is 1.60. The van der Waals surface area contributed by atoms with Crippen molar-refractivity contribution in [3.05, 3.63) is 18.2 Å². The van der Waals surface area contributed by atoms with E-state index in [4.69, 9.17) is 4.74 Å². The Labute approximate surface area is 141 Å². The number of aryl methyl sites for hydroxylation is 1. The second-order valence-corrected chi connectivity index (χ2v) is 7.10. The van der Waals surface area contributed by atoms with Gasteiger partial charge in [0.25, 0.3) is 0 Å². The highest BCUT2D eigenvalue weighted by atomic mass is 16.6. The maximum absolute atomic E-state index is 12.1. The van der Waals surface area contributed by atoms with Crippen molar-refractivity contribution in [2.75, 3.05) is 18.4 Å². The SMILES string of the molecule is Cc1nnc2c(NC3CCN(C(=O)OC(C)(C)C)CC3)nccn12. The Bertz CT molecular complexity index is 728. The number of likely N-dealkylation sites (tertiary alicyclic amines) is 1. The molecule has 0 unspecified atom stereocenters. The van der Waals surface area contributed by atoms with Crippen molar-refractivity contribution in [2.45, 2.75) is 52.2 Å². The number of rotatable bonds is 2.